The van der Waals surface area contributed by atoms with Gasteiger partial charge in [0.1, 0.15) is 5.78 Å². The van der Waals surface area contributed by atoms with Crippen LogP contribution in [0, 0.1) is 23.7 Å². The number of hydrogen-bond donors (Lipinski definition) is 0. The topological polar surface area (TPSA) is 26.3 Å². The van der Waals surface area contributed by atoms with Gasteiger partial charge in [0, 0.05) is 24.7 Å². The molecule has 3 rings (SSSR count). The molecule has 2 aliphatic heterocycles. The molecule has 2 saturated heterocycles. The van der Waals surface area contributed by atoms with E-state index in [1.807, 2.05) is 11.8 Å². The molecule has 0 radical (unpaired) electrons. The minimum atomic E-state index is 0.124. The van der Waals surface area contributed by atoms with E-state index in [9.17, 15) is 4.79 Å². The summed E-state index contributed by atoms with van der Waals surface area (Å²) < 4.78 is 6.12. The average Bonchev–Trinajstić information content (AvgIpc) is 2.87. The smallest absolute Gasteiger partial charge is 0.136 e. The molecule has 1 saturated carbocycles. The Morgan fingerprint density at radius 2 is 2.20 bits per heavy atom. The van der Waals surface area contributed by atoms with Crippen LogP contribution in [0.15, 0.2) is 0 Å². The Morgan fingerprint density at radius 3 is 2.90 bits per heavy atom. The maximum absolute atomic E-state index is 12.4. The van der Waals surface area contributed by atoms with Gasteiger partial charge in [-0.2, -0.15) is 11.8 Å². The summed E-state index contributed by atoms with van der Waals surface area (Å²) in [6.45, 7) is 5.51. The van der Waals surface area contributed by atoms with Crippen molar-refractivity contribution in [2.24, 2.45) is 23.7 Å². The summed E-state index contributed by atoms with van der Waals surface area (Å²) in [7, 11) is 0. The number of ether oxygens (including phenoxy) is 1. The summed E-state index contributed by atoms with van der Waals surface area (Å²) in [5.41, 5.74) is 0.124. The molecular weight excluding hydrogens is 268 g/mol. The molecule has 0 aromatic heterocycles. The van der Waals surface area contributed by atoms with Crippen LogP contribution in [0.5, 0.6) is 0 Å². The van der Waals surface area contributed by atoms with Gasteiger partial charge in [-0.1, -0.05) is 13.8 Å². The molecule has 20 heavy (non-hydrogen) atoms. The first-order chi connectivity index (χ1) is 9.60. The number of ketones is 1. The van der Waals surface area contributed by atoms with Crippen molar-refractivity contribution < 1.29 is 9.53 Å². The van der Waals surface area contributed by atoms with Crippen LogP contribution in [0.4, 0.5) is 0 Å². The van der Waals surface area contributed by atoms with Gasteiger partial charge in [-0.05, 0) is 55.6 Å². The highest BCUT2D eigenvalue weighted by molar-refractivity contribution is 7.99. The van der Waals surface area contributed by atoms with Crippen LogP contribution in [0.1, 0.15) is 52.4 Å². The van der Waals surface area contributed by atoms with Crippen LogP contribution < -0.4 is 0 Å². The maximum atomic E-state index is 12.4. The van der Waals surface area contributed by atoms with Gasteiger partial charge in [0.2, 0.25) is 0 Å². The first-order valence-electron chi connectivity index (χ1n) is 8.34. The predicted molar refractivity (Wildman–Crippen MR) is 84.0 cm³/mol. The summed E-state index contributed by atoms with van der Waals surface area (Å²) in [6.07, 6.45) is 6.53. The summed E-state index contributed by atoms with van der Waals surface area (Å²) in [4.78, 5) is 12.4. The molecule has 1 aliphatic carbocycles. The Labute approximate surface area is 127 Å². The van der Waals surface area contributed by atoms with Crippen LogP contribution in [-0.4, -0.2) is 29.5 Å². The Morgan fingerprint density at radius 1 is 1.35 bits per heavy atom. The molecule has 0 N–H and O–H groups in total. The fourth-order valence-electron chi connectivity index (χ4n) is 4.42. The van der Waals surface area contributed by atoms with Crippen molar-refractivity contribution in [1.82, 2.24) is 0 Å². The molecule has 0 bridgehead atoms. The standard InChI is InChI=1S/C17H28O2S/c1-12(2)13-3-4-16(18)15(9-13)14-5-7-19-17(10-14)6-8-20-11-17/h12-15H,3-11H2,1-2H3. The zero-order chi connectivity index (χ0) is 14.2. The van der Waals surface area contributed by atoms with Crippen LogP contribution in [0.2, 0.25) is 0 Å². The average molecular weight is 296 g/mol. The van der Waals surface area contributed by atoms with Crippen LogP contribution in [0.3, 0.4) is 0 Å². The lowest BCUT2D eigenvalue weighted by Crippen LogP contribution is -2.44. The highest BCUT2D eigenvalue weighted by Gasteiger charge is 2.45. The summed E-state index contributed by atoms with van der Waals surface area (Å²) >= 11 is 2.02. The van der Waals surface area contributed by atoms with E-state index >= 15 is 0 Å². The zero-order valence-corrected chi connectivity index (χ0v) is 13.7. The minimum Gasteiger partial charge on any atom is -0.374 e. The molecule has 3 aliphatic rings. The van der Waals surface area contributed by atoms with Crippen molar-refractivity contribution in [1.29, 1.82) is 0 Å². The molecule has 0 aromatic rings. The Bertz CT molecular complexity index is 360. The summed E-state index contributed by atoms with van der Waals surface area (Å²) in [5.74, 6) is 5.35. The van der Waals surface area contributed by atoms with Gasteiger partial charge in [0.15, 0.2) is 0 Å². The van der Waals surface area contributed by atoms with E-state index in [0.29, 0.717) is 17.6 Å². The lowest BCUT2D eigenvalue weighted by Gasteiger charge is -2.43. The zero-order valence-electron chi connectivity index (χ0n) is 12.9. The molecule has 1 spiro atoms. The summed E-state index contributed by atoms with van der Waals surface area (Å²) in [5, 5.41) is 0. The van der Waals surface area contributed by atoms with E-state index in [2.05, 4.69) is 13.8 Å². The van der Waals surface area contributed by atoms with Gasteiger partial charge in [-0.15, -0.1) is 0 Å². The molecule has 3 fully saturated rings. The highest BCUT2D eigenvalue weighted by atomic mass is 32.2. The van der Waals surface area contributed by atoms with Crippen molar-refractivity contribution >= 4 is 17.5 Å². The maximum Gasteiger partial charge on any atom is 0.136 e. The quantitative estimate of drug-likeness (QED) is 0.772. The lowest BCUT2D eigenvalue weighted by molar-refractivity contribution is -0.134. The number of rotatable bonds is 2. The van der Waals surface area contributed by atoms with Crippen LogP contribution >= 0.6 is 11.8 Å². The SMILES string of the molecule is CC(C)C1CCC(=O)C(C2CCOC3(CCSC3)C2)C1. The molecule has 0 amide bonds. The van der Waals surface area contributed by atoms with Gasteiger partial charge in [0.05, 0.1) is 5.60 Å². The van der Waals surface area contributed by atoms with Crippen LogP contribution in [0.25, 0.3) is 0 Å². The second-order valence-corrected chi connectivity index (χ2v) is 8.54. The van der Waals surface area contributed by atoms with E-state index in [0.717, 1.165) is 56.3 Å². The molecule has 2 heterocycles. The Balaban J connectivity index is 1.68. The monoisotopic (exact) mass is 296 g/mol. The van der Waals surface area contributed by atoms with E-state index in [1.165, 1.54) is 12.2 Å². The number of hydrogen-bond acceptors (Lipinski definition) is 3. The van der Waals surface area contributed by atoms with E-state index in [-0.39, 0.29) is 5.60 Å². The lowest BCUT2D eigenvalue weighted by atomic mass is 9.67. The highest BCUT2D eigenvalue weighted by Crippen LogP contribution is 2.46. The molecule has 2 nitrogen and oxygen atoms in total. The Hall–Kier alpha value is -0.0200. The minimum absolute atomic E-state index is 0.124. The van der Waals surface area contributed by atoms with Crippen molar-refractivity contribution in [2.45, 2.75) is 58.0 Å². The molecule has 4 unspecified atom stereocenters. The number of carbonyl (C=O) groups excluding carboxylic acids is 1. The number of thioether (sulfide) groups is 1. The largest absolute Gasteiger partial charge is 0.374 e. The van der Waals surface area contributed by atoms with E-state index in [1.54, 1.807) is 0 Å². The predicted octanol–water partition coefficient (Wildman–Crippen LogP) is 3.93. The molecule has 0 aromatic carbocycles. The van der Waals surface area contributed by atoms with Crippen molar-refractivity contribution in [3.63, 3.8) is 0 Å². The third-order valence-electron chi connectivity index (χ3n) is 5.84. The molecule has 4 atom stereocenters. The Kier molecular flexibility index (Phi) is 4.47. The third-order valence-corrected chi connectivity index (χ3v) is 7.06. The van der Waals surface area contributed by atoms with Crippen molar-refractivity contribution in [3.8, 4) is 0 Å². The van der Waals surface area contributed by atoms with Gasteiger partial charge in [0.25, 0.3) is 0 Å². The normalized spacial score (nSPS) is 42.5. The second kappa shape index (κ2) is 6.00. The molecule has 114 valence electrons. The number of carbonyl (C=O) groups is 1. The fraction of sp³-hybridized carbons (Fsp3) is 0.941. The molecule has 3 heteroatoms. The van der Waals surface area contributed by atoms with E-state index < -0.39 is 0 Å². The van der Waals surface area contributed by atoms with Gasteiger partial charge < -0.3 is 4.74 Å². The van der Waals surface area contributed by atoms with Gasteiger partial charge >= 0.3 is 0 Å². The fourth-order valence-corrected chi connectivity index (χ4v) is 5.80. The molecular formula is C17H28O2S. The first-order valence-corrected chi connectivity index (χ1v) is 9.49. The second-order valence-electron chi connectivity index (χ2n) is 7.44. The van der Waals surface area contributed by atoms with Crippen LogP contribution in [-0.2, 0) is 9.53 Å². The number of Topliss-reactive ketones (excluding diaryl/α,β-unsaturated/α-hetero) is 1. The summed E-state index contributed by atoms with van der Waals surface area (Å²) in [6, 6.07) is 0. The van der Waals surface area contributed by atoms with Crippen molar-refractivity contribution in [2.75, 3.05) is 18.1 Å². The third kappa shape index (κ3) is 2.94. The first kappa shape index (κ1) is 14.9. The van der Waals surface area contributed by atoms with Gasteiger partial charge in [-0.25, -0.2) is 0 Å². The van der Waals surface area contributed by atoms with Gasteiger partial charge in [-0.3, -0.25) is 4.79 Å². The van der Waals surface area contributed by atoms with Crippen molar-refractivity contribution in [3.05, 3.63) is 0 Å². The van der Waals surface area contributed by atoms with E-state index in [4.69, 9.17) is 4.74 Å².